The van der Waals surface area contributed by atoms with Gasteiger partial charge >= 0.3 is 0 Å². The standard InChI is InChI=1S/C24H32FNO/c1-2-3-4-5-18-6-10-20(11-7-18)21-12-15-24(23(25)16-21)27-17-19-8-13-22(26)14-9-19/h6-7,10-12,15-16,19,22H,2-5,8-9,13-14,17,26H2,1H3. The van der Waals surface area contributed by atoms with Crippen LogP contribution in [0.4, 0.5) is 4.39 Å². The van der Waals surface area contributed by atoms with E-state index in [1.165, 1.54) is 24.8 Å². The van der Waals surface area contributed by atoms with Crippen molar-refractivity contribution in [2.24, 2.45) is 11.7 Å². The molecule has 0 atom stereocenters. The predicted octanol–water partition coefficient (Wildman–Crippen LogP) is 6.12. The fourth-order valence-corrected chi connectivity index (χ4v) is 3.80. The fourth-order valence-electron chi connectivity index (χ4n) is 3.80. The SMILES string of the molecule is CCCCCc1ccc(-c2ccc(OCC3CCC(N)CC3)c(F)c2)cc1. The zero-order chi connectivity index (χ0) is 19.1. The third-order valence-electron chi connectivity index (χ3n) is 5.65. The van der Waals surface area contributed by atoms with E-state index in [4.69, 9.17) is 10.5 Å². The molecule has 3 rings (SSSR count). The molecule has 146 valence electrons. The Balaban J connectivity index is 1.57. The first-order valence-electron chi connectivity index (χ1n) is 10.4. The second-order valence-corrected chi connectivity index (χ2v) is 7.89. The van der Waals surface area contributed by atoms with Crippen LogP contribution in [0.5, 0.6) is 5.75 Å². The quantitative estimate of drug-likeness (QED) is 0.569. The van der Waals surface area contributed by atoms with E-state index < -0.39 is 0 Å². The summed E-state index contributed by atoms with van der Waals surface area (Å²) in [6.07, 6.45) is 9.08. The van der Waals surface area contributed by atoms with E-state index in [0.29, 0.717) is 24.3 Å². The van der Waals surface area contributed by atoms with Crippen LogP contribution in [-0.4, -0.2) is 12.6 Å². The van der Waals surface area contributed by atoms with Gasteiger partial charge in [-0.3, -0.25) is 0 Å². The molecule has 0 aromatic heterocycles. The van der Waals surface area contributed by atoms with Crippen molar-refractivity contribution in [2.45, 2.75) is 64.3 Å². The molecule has 1 saturated carbocycles. The summed E-state index contributed by atoms with van der Waals surface area (Å²) >= 11 is 0. The summed E-state index contributed by atoms with van der Waals surface area (Å²) in [5.74, 6) is 0.556. The third kappa shape index (κ3) is 5.80. The molecule has 2 aromatic rings. The maximum absolute atomic E-state index is 14.5. The number of hydrogen-bond donors (Lipinski definition) is 1. The zero-order valence-corrected chi connectivity index (χ0v) is 16.4. The van der Waals surface area contributed by atoms with Crippen LogP contribution in [0, 0.1) is 11.7 Å². The van der Waals surface area contributed by atoms with Crippen LogP contribution in [0.1, 0.15) is 57.4 Å². The van der Waals surface area contributed by atoms with E-state index in [0.717, 1.165) is 43.2 Å². The Labute approximate surface area is 162 Å². The molecule has 0 heterocycles. The van der Waals surface area contributed by atoms with Gasteiger partial charge in [0.05, 0.1) is 6.61 Å². The van der Waals surface area contributed by atoms with Gasteiger partial charge in [-0.2, -0.15) is 0 Å². The zero-order valence-electron chi connectivity index (χ0n) is 16.4. The number of rotatable bonds is 8. The Morgan fingerprint density at radius 3 is 2.33 bits per heavy atom. The Bertz CT molecular complexity index is 705. The molecule has 2 aromatic carbocycles. The van der Waals surface area contributed by atoms with Crippen molar-refractivity contribution >= 4 is 0 Å². The van der Waals surface area contributed by atoms with E-state index >= 15 is 0 Å². The van der Waals surface area contributed by atoms with Crippen LogP contribution >= 0.6 is 0 Å². The van der Waals surface area contributed by atoms with Gasteiger partial charge in [0.25, 0.3) is 0 Å². The van der Waals surface area contributed by atoms with Gasteiger partial charge in [-0.15, -0.1) is 0 Å². The summed E-state index contributed by atoms with van der Waals surface area (Å²) in [4.78, 5) is 0. The van der Waals surface area contributed by atoms with Crippen molar-refractivity contribution in [1.29, 1.82) is 0 Å². The fraction of sp³-hybridized carbons (Fsp3) is 0.500. The van der Waals surface area contributed by atoms with Gasteiger partial charge in [0.1, 0.15) is 0 Å². The highest BCUT2D eigenvalue weighted by Gasteiger charge is 2.19. The van der Waals surface area contributed by atoms with Crippen molar-refractivity contribution in [3.63, 3.8) is 0 Å². The maximum atomic E-state index is 14.5. The summed E-state index contributed by atoms with van der Waals surface area (Å²) in [6, 6.07) is 14.1. The summed E-state index contributed by atoms with van der Waals surface area (Å²) in [6.45, 7) is 2.80. The number of benzene rings is 2. The van der Waals surface area contributed by atoms with E-state index in [-0.39, 0.29) is 5.82 Å². The minimum absolute atomic E-state index is 0.285. The van der Waals surface area contributed by atoms with Crippen molar-refractivity contribution in [1.82, 2.24) is 0 Å². The van der Waals surface area contributed by atoms with Gasteiger partial charge < -0.3 is 10.5 Å². The van der Waals surface area contributed by atoms with E-state index in [1.54, 1.807) is 12.1 Å². The molecule has 1 fully saturated rings. The molecule has 0 saturated heterocycles. The highest BCUT2D eigenvalue weighted by molar-refractivity contribution is 5.64. The van der Waals surface area contributed by atoms with Crippen LogP contribution in [0.3, 0.4) is 0 Å². The lowest BCUT2D eigenvalue weighted by Gasteiger charge is -2.26. The Kier molecular flexibility index (Phi) is 7.28. The van der Waals surface area contributed by atoms with Crippen LogP contribution in [0.15, 0.2) is 42.5 Å². The van der Waals surface area contributed by atoms with Crippen molar-refractivity contribution in [3.05, 3.63) is 53.8 Å². The molecule has 1 aliphatic carbocycles. The summed E-state index contributed by atoms with van der Waals surface area (Å²) in [7, 11) is 0. The second kappa shape index (κ2) is 9.89. The predicted molar refractivity (Wildman–Crippen MR) is 110 cm³/mol. The lowest BCUT2D eigenvalue weighted by Crippen LogP contribution is -2.28. The molecule has 3 heteroatoms. The van der Waals surface area contributed by atoms with Gasteiger partial charge in [-0.05, 0) is 73.3 Å². The van der Waals surface area contributed by atoms with Gasteiger partial charge in [-0.25, -0.2) is 4.39 Å². The number of hydrogen-bond acceptors (Lipinski definition) is 2. The number of nitrogens with two attached hydrogens (primary N) is 1. The lowest BCUT2D eigenvalue weighted by molar-refractivity contribution is 0.195. The topological polar surface area (TPSA) is 35.2 Å². The molecule has 0 spiro atoms. The molecule has 27 heavy (non-hydrogen) atoms. The van der Waals surface area contributed by atoms with Gasteiger partial charge in [0.15, 0.2) is 11.6 Å². The monoisotopic (exact) mass is 369 g/mol. The Hall–Kier alpha value is -1.87. The van der Waals surface area contributed by atoms with E-state index in [1.807, 2.05) is 6.07 Å². The number of unbranched alkanes of at least 4 members (excludes halogenated alkanes) is 2. The van der Waals surface area contributed by atoms with E-state index in [2.05, 4.69) is 31.2 Å². The smallest absolute Gasteiger partial charge is 0.165 e. The van der Waals surface area contributed by atoms with Crippen molar-refractivity contribution in [3.8, 4) is 16.9 Å². The summed E-state index contributed by atoms with van der Waals surface area (Å²) in [5, 5.41) is 0. The first-order chi connectivity index (χ1) is 13.2. The molecule has 0 bridgehead atoms. The van der Waals surface area contributed by atoms with Crippen LogP contribution in [0.25, 0.3) is 11.1 Å². The largest absolute Gasteiger partial charge is 0.490 e. The Morgan fingerprint density at radius 2 is 1.67 bits per heavy atom. The average Bonchev–Trinajstić information content (AvgIpc) is 2.69. The van der Waals surface area contributed by atoms with Gasteiger partial charge in [-0.1, -0.05) is 50.1 Å². The minimum atomic E-state index is -0.285. The summed E-state index contributed by atoms with van der Waals surface area (Å²) < 4.78 is 20.3. The highest BCUT2D eigenvalue weighted by Crippen LogP contribution is 2.28. The molecule has 0 amide bonds. The molecule has 0 radical (unpaired) electrons. The number of halogens is 1. The van der Waals surface area contributed by atoms with Crippen LogP contribution in [0.2, 0.25) is 0 Å². The minimum Gasteiger partial charge on any atom is -0.490 e. The van der Waals surface area contributed by atoms with Crippen LogP contribution in [-0.2, 0) is 6.42 Å². The molecular weight excluding hydrogens is 337 g/mol. The first kappa shape index (κ1) is 19.9. The first-order valence-corrected chi connectivity index (χ1v) is 10.4. The summed E-state index contributed by atoms with van der Waals surface area (Å²) in [5.41, 5.74) is 9.22. The van der Waals surface area contributed by atoms with Crippen molar-refractivity contribution in [2.75, 3.05) is 6.61 Å². The normalized spacial score (nSPS) is 19.8. The molecule has 2 N–H and O–H groups in total. The number of ether oxygens (including phenoxy) is 1. The molecule has 0 unspecified atom stereocenters. The van der Waals surface area contributed by atoms with Crippen molar-refractivity contribution < 1.29 is 9.13 Å². The average molecular weight is 370 g/mol. The Morgan fingerprint density at radius 1 is 0.963 bits per heavy atom. The maximum Gasteiger partial charge on any atom is 0.165 e. The van der Waals surface area contributed by atoms with Gasteiger partial charge in [0.2, 0.25) is 0 Å². The third-order valence-corrected chi connectivity index (χ3v) is 5.65. The molecule has 1 aliphatic rings. The van der Waals surface area contributed by atoms with Crippen LogP contribution < -0.4 is 10.5 Å². The number of aryl methyl sites for hydroxylation is 1. The second-order valence-electron chi connectivity index (χ2n) is 7.89. The molecule has 2 nitrogen and oxygen atoms in total. The molecular formula is C24H32FNO. The highest BCUT2D eigenvalue weighted by atomic mass is 19.1. The molecule has 0 aliphatic heterocycles. The lowest BCUT2D eigenvalue weighted by atomic mass is 9.87. The van der Waals surface area contributed by atoms with E-state index in [9.17, 15) is 4.39 Å². The van der Waals surface area contributed by atoms with Gasteiger partial charge in [0, 0.05) is 6.04 Å².